The van der Waals surface area contributed by atoms with Gasteiger partial charge in [0, 0.05) is 90.7 Å². The molecule has 4 aromatic rings. The summed E-state index contributed by atoms with van der Waals surface area (Å²) in [5, 5.41) is 39.9. The molecule has 2 fully saturated rings. The first-order chi connectivity index (χ1) is 33.6. The molecule has 1 aromatic carbocycles. The first-order valence-electron chi connectivity index (χ1n) is 23.6. The van der Waals surface area contributed by atoms with Crippen molar-refractivity contribution in [2.24, 2.45) is 17.4 Å². The number of rotatable bonds is 27. The van der Waals surface area contributed by atoms with Gasteiger partial charge in [0.2, 0.25) is 29.7 Å². The zero-order chi connectivity index (χ0) is 49.0. The van der Waals surface area contributed by atoms with E-state index >= 15 is 0 Å². The average Bonchev–Trinajstić information content (AvgIpc) is 4.04. The molecule has 6 rings (SSSR count). The van der Waals surface area contributed by atoms with Crippen LogP contribution in [0.5, 0.6) is 5.75 Å². The Kier molecular flexibility index (Phi) is 20.0. The van der Waals surface area contributed by atoms with Crippen LogP contribution in [-0.4, -0.2) is 194 Å². The van der Waals surface area contributed by atoms with Gasteiger partial charge in [-0.25, -0.2) is 9.36 Å². The van der Waals surface area contributed by atoms with Gasteiger partial charge >= 0.3 is 5.96 Å². The lowest BCUT2D eigenvalue weighted by Crippen LogP contribution is -2.78. The number of anilines is 3. The maximum Gasteiger partial charge on any atom is 0.338 e. The Labute approximate surface area is 402 Å². The maximum absolute atomic E-state index is 14.3. The fraction of sp³-hybridized carbons (Fsp3) is 0.600. The maximum atomic E-state index is 14.3. The highest BCUT2D eigenvalue weighted by Gasteiger charge is 2.35. The van der Waals surface area contributed by atoms with Gasteiger partial charge in [0.05, 0.1) is 51.0 Å². The number of ether oxygens (including phenoxy) is 3. The van der Waals surface area contributed by atoms with E-state index < -0.39 is 12.1 Å². The van der Waals surface area contributed by atoms with E-state index in [0.717, 1.165) is 24.1 Å². The number of phenolic OH excluding ortho intramolecular Hbond substituents is 1. The molecule has 2 aliphatic rings. The summed E-state index contributed by atoms with van der Waals surface area (Å²) >= 11 is 0. The van der Waals surface area contributed by atoms with Crippen molar-refractivity contribution in [3.05, 3.63) is 53.6 Å². The average molecular weight is 959 g/mol. The van der Waals surface area contributed by atoms with E-state index in [2.05, 4.69) is 55.6 Å². The van der Waals surface area contributed by atoms with Gasteiger partial charge in [0.25, 0.3) is 0 Å². The Hall–Kier alpha value is -6.68. The Balaban J connectivity index is 1.12. The van der Waals surface area contributed by atoms with Crippen molar-refractivity contribution in [2.75, 3.05) is 127 Å². The second kappa shape index (κ2) is 26.8. The number of aryl methyl sites for hydroxylation is 1. The van der Waals surface area contributed by atoms with Gasteiger partial charge < -0.3 is 49.3 Å². The summed E-state index contributed by atoms with van der Waals surface area (Å²) in [6.45, 7) is 10.9. The summed E-state index contributed by atoms with van der Waals surface area (Å²) in [6, 6.07) is 5.53. The molecule has 69 heavy (non-hydrogen) atoms. The van der Waals surface area contributed by atoms with Crippen LogP contribution in [0.2, 0.25) is 0 Å². The number of piperazine rings is 2. The van der Waals surface area contributed by atoms with E-state index in [4.69, 9.17) is 47.1 Å². The summed E-state index contributed by atoms with van der Waals surface area (Å²) in [6.07, 6.45) is 11.6. The summed E-state index contributed by atoms with van der Waals surface area (Å²) in [7, 11) is 0. The molecule has 24 nitrogen and oxygen atoms in total. The number of terminal acetylenes is 1. The number of phenols is 1. The normalized spacial score (nSPS) is 15.4. The van der Waals surface area contributed by atoms with Crippen LogP contribution in [0.1, 0.15) is 55.7 Å². The van der Waals surface area contributed by atoms with E-state index in [1.807, 2.05) is 16.0 Å². The highest BCUT2D eigenvalue weighted by molar-refractivity contribution is 5.81. The summed E-state index contributed by atoms with van der Waals surface area (Å²) < 4.78 is 19.8. The molecule has 2 amide bonds. The van der Waals surface area contributed by atoms with Crippen molar-refractivity contribution in [3.8, 4) is 18.1 Å². The minimum Gasteiger partial charge on any atom is -0.508 e. The van der Waals surface area contributed by atoms with Crippen LogP contribution in [0, 0.1) is 18.3 Å². The Bertz CT molecular complexity index is 2270. The van der Waals surface area contributed by atoms with Crippen LogP contribution in [-0.2, 0) is 43.1 Å². The lowest BCUT2D eigenvalue weighted by molar-refractivity contribution is -0.459. The van der Waals surface area contributed by atoms with Gasteiger partial charge in [-0.2, -0.15) is 15.0 Å². The third-order valence-electron chi connectivity index (χ3n) is 11.9. The van der Waals surface area contributed by atoms with Crippen LogP contribution in [0.25, 0.3) is 0 Å². The number of benzene rings is 1. The number of aromatic hydroxyl groups is 1. The van der Waals surface area contributed by atoms with Crippen molar-refractivity contribution in [2.45, 2.75) is 58.0 Å². The molecular weight excluding hydrogens is 891 g/mol. The van der Waals surface area contributed by atoms with Crippen LogP contribution >= 0.6 is 0 Å². The number of carbonyl (C=O) groups is 2. The van der Waals surface area contributed by atoms with E-state index in [1.54, 1.807) is 44.7 Å². The molecule has 0 aliphatic carbocycles. The highest BCUT2D eigenvalue weighted by Crippen LogP contribution is 2.26. The largest absolute Gasteiger partial charge is 0.508 e. The molecule has 2 aliphatic heterocycles. The van der Waals surface area contributed by atoms with Gasteiger partial charge in [0.15, 0.2) is 0 Å². The minimum atomic E-state index is -0.698. The highest BCUT2D eigenvalue weighted by atomic mass is 16.5. The van der Waals surface area contributed by atoms with Gasteiger partial charge in [-0.1, -0.05) is 48.7 Å². The number of aromatic nitrogens is 9. The number of aliphatic hydroxyl groups excluding tert-OH is 1. The topological polar surface area (TPSA) is 293 Å². The summed E-state index contributed by atoms with van der Waals surface area (Å²) in [5.74, 6) is 3.90. The van der Waals surface area contributed by atoms with Gasteiger partial charge in [-0.3, -0.25) is 26.0 Å². The molecule has 5 heterocycles. The van der Waals surface area contributed by atoms with Crippen LogP contribution in [0.4, 0.5) is 17.8 Å². The van der Waals surface area contributed by atoms with Crippen molar-refractivity contribution in [3.63, 3.8) is 0 Å². The third kappa shape index (κ3) is 15.4. The second-order valence-corrected chi connectivity index (χ2v) is 16.8. The zero-order valence-corrected chi connectivity index (χ0v) is 39.7. The summed E-state index contributed by atoms with van der Waals surface area (Å²) in [4.78, 5) is 53.9. The molecule has 3 aromatic heterocycles. The number of hydrogen-bond acceptors (Lipinski definition) is 17. The van der Waals surface area contributed by atoms with E-state index in [0.29, 0.717) is 141 Å². The minimum absolute atomic E-state index is 0.0129. The molecule has 0 spiro atoms. The Morgan fingerprint density at radius 3 is 2.00 bits per heavy atom. The monoisotopic (exact) mass is 959 g/mol. The number of hydrogen-bond donors (Lipinski definition) is 6. The molecule has 8 N–H and O–H groups in total. The lowest BCUT2D eigenvalue weighted by atomic mass is 9.97. The van der Waals surface area contributed by atoms with Crippen LogP contribution < -0.4 is 31.6 Å². The quantitative estimate of drug-likeness (QED) is 0.0159. The van der Waals surface area contributed by atoms with Crippen molar-refractivity contribution in [1.29, 1.82) is 0 Å². The smallest absolute Gasteiger partial charge is 0.338 e. The van der Waals surface area contributed by atoms with Crippen molar-refractivity contribution >= 4 is 35.6 Å². The van der Waals surface area contributed by atoms with Gasteiger partial charge in [-0.05, 0) is 36.5 Å². The number of amides is 2. The summed E-state index contributed by atoms with van der Waals surface area (Å²) in [5.41, 5.74) is 13.3. The van der Waals surface area contributed by atoms with Crippen molar-refractivity contribution in [1.82, 2.24) is 54.7 Å². The molecule has 0 bridgehead atoms. The first-order valence-corrected chi connectivity index (χ1v) is 23.6. The number of guanidine groups is 1. The Morgan fingerprint density at radius 1 is 0.812 bits per heavy atom. The molecule has 0 saturated carbocycles. The molecular formula is C45H68N17O7+. The molecule has 2 saturated heterocycles. The van der Waals surface area contributed by atoms with E-state index in [9.17, 15) is 19.8 Å². The van der Waals surface area contributed by atoms with Crippen molar-refractivity contribution < 1.29 is 39.0 Å². The second-order valence-electron chi connectivity index (χ2n) is 16.8. The lowest BCUT2D eigenvalue weighted by Gasteiger charge is -2.38. The predicted molar refractivity (Wildman–Crippen MR) is 255 cm³/mol. The molecule has 24 heteroatoms. The number of aliphatic hydroxyl groups is 1. The number of carbonyl (C=O) groups excluding carboxylic acids is 2. The molecule has 0 radical (unpaired) electrons. The van der Waals surface area contributed by atoms with E-state index in [1.165, 1.54) is 0 Å². The zero-order valence-electron chi connectivity index (χ0n) is 39.7. The third-order valence-corrected chi connectivity index (χ3v) is 11.9. The fourth-order valence-corrected chi connectivity index (χ4v) is 7.92. The number of nitrogens with two attached hydrogens (primary N) is 2. The van der Waals surface area contributed by atoms with E-state index in [-0.39, 0.29) is 42.7 Å². The SMILES string of the molecule is C#CCOCCOCCOCCNc1nc(N2CCN(C(=O)[C@H]([C@@H](C)CC)n3cc(CCC[NH+]=C(N)N)nn3)CC2)nc(N2CCN(C(=O)[C@H](Cc3ccc(O)cc3)n3cc(CCO)nn3)CC2)n1. The Morgan fingerprint density at radius 2 is 1.39 bits per heavy atom. The van der Waals surface area contributed by atoms with Gasteiger partial charge in [0.1, 0.15) is 24.4 Å². The van der Waals surface area contributed by atoms with Crippen LogP contribution in [0.3, 0.4) is 0 Å². The molecule has 0 unspecified atom stereocenters. The predicted octanol–water partition coefficient (Wildman–Crippen LogP) is -2.25. The molecule has 3 atom stereocenters. The molecule has 374 valence electrons. The first kappa shape index (κ1) is 51.7. The number of nitrogens with one attached hydrogen (secondary N) is 2. The van der Waals surface area contributed by atoms with Crippen LogP contribution in [0.15, 0.2) is 36.7 Å². The number of nitrogens with zero attached hydrogens (tertiary/aromatic N) is 13. The fourth-order valence-electron chi connectivity index (χ4n) is 7.92. The van der Waals surface area contributed by atoms with Gasteiger partial charge in [-0.15, -0.1) is 16.6 Å². The standard InChI is InChI=1S/C45H67N17O7/c1-4-24-67-26-28-69-29-27-68-25-14-49-43-50-44(59-19-15-57(16-20-59)40(65)38(30-34-8-10-37(64)11-9-34)61-31-36(12-23-63)54-55-61)52-45(51-43)60-21-17-58(18-22-60)41(66)39(33(3)5-2)62-32-35(53-56-62)7-6-13-48-42(46)47/h1,8-11,31-33,38-39,63-64H,5-7,12-30H2,2-3H3,(H4,46,47,48)(H,49,50,51,52)/p+1/t33-,38-,39-/m0/s1.